The highest BCUT2D eigenvalue weighted by Crippen LogP contribution is 2.29. The van der Waals surface area contributed by atoms with Crippen LogP contribution in [0.15, 0.2) is 18.5 Å². The lowest BCUT2D eigenvalue weighted by Gasteiger charge is -2.22. The fraction of sp³-hybridized carbons (Fsp3) is 0.538. The van der Waals surface area contributed by atoms with Gasteiger partial charge in [0.25, 0.3) is 0 Å². The number of pyridine rings is 1. The van der Waals surface area contributed by atoms with E-state index in [1.54, 1.807) is 12.4 Å². The van der Waals surface area contributed by atoms with E-state index in [1.807, 2.05) is 6.07 Å². The van der Waals surface area contributed by atoms with Crippen LogP contribution in [0.5, 0.6) is 0 Å². The SMILES string of the molecule is CC(Nc1cnccc1C(N)=S)C1CCCC1. The molecule has 1 aliphatic rings. The van der Waals surface area contributed by atoms with E-state index in [0.717, 1.165) is 17.2 Å². The maximum atomic E-state index is 5.71. The van der Waals surface area contributed by atoms with E-state index >= 15 is 0 Å². The van der Waals surface area contributed by atoms with E-state index in [-0.39, 0.29) is 0 Å². The topological polar surface area (TPSA) is 50.9 Å². The standard InChI is InChI=1S/C13H19N3S/c1-9(10-4-2-3-5-10)16-12-8-15-7-6-11(12)13(14)17/h6-10,16H,2-5H2,1H3,(H2,14,17). The van der Waals surface area contributed by atoms with Gasteiger partial charge >= 0.3 is 0 Å². The van der Waals surface area contributed by atoms with Crippen molar-refractivity contribution in [3.8, 4) is 0 Å². The Labute approximate surface area is 108 Å². The number of thiocarbonyl (C=S) groups is 1. The second kappa shape index (κ2) is 5.45. The summed E-state index contributed by atoms with van der Waals surface area (Å²) in [6.07, 6.45) is 8.87. The average molecular weight is 249 g/mol. The lowest BCUT2D eigenvalue weighted by atomic mass is 9.99. The zero-order valence-corrected chi connectivity index (χ0v) is 11.0. The molecule has 0 spiro atoms. The fourth-order valence-electron chi connectivity index (χ4n) is 2.54. The molecule has 4 heteroatoms. The van der Waals surface area contributed by atoms with Gasteiger partial charge in [-0.2, -0.15) is 0 Å². The molecule has 2 rings (SSSR count). The van der Waals surface area contributed by atoms with Gasteiger partial charge in [-0.3, -0.25) is 4.98 Å². The van der Waals surface area contributed by atoms with Gasteiger partial charge < -0.3 is 11.1 Å². The number of hydrogen-bond donors (Lipinski definition) is 2. The maximum absolute atomic E-state index is 5.71. The predicted molar refractivity (Wildman–Crippen MR) is 75.2 cm³/mol. The van der Waals surface area contributed by atoms with Crippen LogP contribution >= 0.6 is 12.2 Å². The normalized spacial score (nSPS) is 17.9. The molecule has 1 fully saturated rings. The van der Waals surface area contributed by atoms with Crippen molar-refractivity contribution in [3.63, 3.8) is 0 Å². The van der Waals surface area contributed by atoms with Gasteiger partial charge in [-0.15, -0.1) is 0 Å². The van der Waals surface area contributed by atoms with Gasteiger partial charge in [0.2, 0.25) is 0 Å². The molecule has 1 atom stereocenters. The molecule has 0 aliphatic heterocycles. The number of nitrogens with two attached hydrogens (primary N) is 1. The summed E-state index contributed by atoms with van der Waals surface area (Å²) in [6, 6.07) is 2.32. The first-order valence-corrected chi connectivity index (χ1v) is 6.59. The zero-order valence-electron chi connectivity index (χ0n) is 10.1. The first-order valence-electron chi connectivity index (χ1n) is 6.19. The molecule has 0 radical (unpaired) electrons. The van der Waals surface area contributed by atoms with Crippen molar-refractivity contribution in [1.82, 2.24) is 4.98 Å². The minimum absolute atomic E-state index is 0.425. The van der Waals surface area contributed by atoms with Crippen molar-refractivity contribution in [2.24, 2.45) is 11.7 Å². The van der Waals surface area contributed by atoms with Gasteiger partial charge in [0.05, 0.1) is 11.9 Å². The Balaban J connectivity index is 2.09. The van der Waals surface area contributed by atoms with E-state index in [1.165, 1.54) is 25.7 Å². The van der Waals surface area contributed by atoms with Crippen molar-refractivity contribution < 1.29 is 0 Å². The molecule has 0 amide bonds. The third kappa shape index (κ3) is 2.94. The summed E-state index contributed by atoms with van der Waals surface area (Å²) < 4.78 is 0. The lowest BCUT2D eigenvalue weighted by Crippen LogP contribution is -2.25. The largest absolute Gasteiger partial charge is 0.389 e. The number of hydrogen-bond acceptors (Lipinski definition) is 3. The summed E-state index contributed by atoms with van der Waals surface area (Å²) in [7, 11) is 0. The van der Waals surface area contributed by atoms with E-state index in [9.17, 15) is 0 Å². The van der Waals surface area contributed by atoms with Crippen LogP contribution in [0.25, 0.3) is 0 Å². The molecule has 1 aromatic heterocycles. The van der Waals surface area contributed by atoms with Crippen LogP contribution in [0.2, 0.25) is 0 Å². The third-order valence-corrected chi connectivity index (χ3v) is 3.80. The Morgan fingerprint density at radius 1 is 1.53 bits per heavy atom. The number of nitrogens with one attached hydrogen (secondary N) is 1. The van der Waals surface area contributed by atoms with Crippen molar-refractivity contribution in [2.45, 2.75) is 38.6 Å². The van der Waals surface area contributed by atoms with E-state index in [4.69, 9.17) is 18.0 Å². The van der Waals surface area contributed by atoms with E-state index in [0.29, 0.717) is 11.0 Å². The van der Waals surface area contributed by atoms with Gasteiger partial charge in [0.15, 0.2) is 0 Å². The third-order valence-electron chi connectivity index (χ3n) is 3.58. The number of rotatable bonds is 4. The van der Waals surface area contributed by atoms with Crippen LogP contribution < -0.4 is 11.1 Å². The van der Waals surface area contributed by atoms with Crippen LogP contribution in [0.4, 0.5) is 5.69 Å². The maximum Gasteiger partial charge on any atom is 0.106 e. The first kappa shape index (κ1) is 12.3. The van der Waals surface area contributed by atoms with Gasteiger partial charge in [-0.1, -0.05) is 25.1 Å². The molecule has 0 bridgehead atoms. The molecule has 92 valence electrons. The highest BCUT2D eigenvalue weighted by molar-refractivity contribution is 7.80. The second-order valence-electron chi connectivity index (χ2n) is 4.76. The highest BCUT2D eigenvalue weighted by atomic mass is 32.1. The Morgan fingerprint density at radius 3 is 2.88 bits per heavy atom. The molecule has 1 heterocycles. The Morgan fingerprint density at radius 2 is 2.24 bits per heavy atom. The zero-order chi connectivity index (χ0) is 12.3. The van der Waals surface area contributed by atoms with Crippen LogP contribution in [-0.4, -0.2) is 16.0 Å². The van der Waals surface area contributed by atoms with Gasteiger partial charge in [-0.25, -0.2) is 0 Å². The summed E-state index contributed by atoms with van der Waals surface area (Å²) in [6.45, 7) is 2.23. The highest BCUT2D eigenvalue weighted by Gasteiger charge is 2.22. The molecule has 0 saturated heterocycles. The molecular weight excluding hydrogens is 230 g/mol. The van der Waals surface area contributed by atoms with Crippen LogP contribution in [-0.2, 0) is 0 Å². The minimum Gasteiger partial charge on any atom is -0.389 e. The van der Waals surface area contributed by atoms with Crippen molar-refractivity contribution in [2.75, 3.05) is 5.32 Å². The summed E-state index contributed by atoms with van der Waals surface area (Å²) in [5.74, 6) is 0.759. The Bertz CT molecular complexity index is 399. The molecule has 1 aromatic rings. The molecule has 1 unspecified atom stereocenters. The van der Waals surface area contributed by atoms with Crippen molar-refractivity contribution in [3.05, 3.63) is 24.0 Å². The van der Waals surface area contributed by atoms with E-state index in [2.05, 4.69) is 17.2 Å². The van der Waals surface area contributed by atoms with Crippen LogP contribution in [0.3, 0.4) is 0 Å². The van der Waals surface area contributed by atoms with E-state index < -0.39 is 0 Å². The number of aromatic nitrogens is 1. The molecule has 0 aromatic carbocycles. The number of nitrogens with zero attached hydrogens (tertiary/aromatic N) is 1. The Hall–Kier alpha value is -1.16. The fourth-order valence-corrected chi connectivity index (χ4v) is 2.72. The Kier molecular flexibility index (Phi) is 3.94. The second-order valence-corrected chi connectivity index (χ2v) is 5.20. The van der Waals surface area contributed by atoms with Crippen molar-refractivity contribution >= 4 is 22.9 Å². The van der Waals surface area contributed by atoms with Crippen molar-refractivity contribution in [1.29, 1.82) is 0 Å². The average Bonchev–Trinajstić information content (AvgIpc) is 2.83. The summed E-state index contributed by atoms with van der Waals surface area (Å²) in [4.78, 5) is 4.55. The molecule has 1 saturated carbocycles. The summed E-state index contributed by atoms with van der Waals surface area (Å²) in [5, 5.41) is 3.50. The number of anilines is 1. The lowest BCUT2D eigenvalue weighted by molar-refractivity contribution is 0.482. The molecule has 3 nitrogen and oxygen atoms in total. The predicted octanol–water partition coefficient (Wildman–Crippen LogP) is 2.71. The molecule has 1 aliphatic carbocycles. The first-order chi connectivity index (χ1) is 8.18. The molecular formula is C13H19N3S. The van der Waals surface area contributed by atoms with Gasteiger partial charge in [0, 0.05) is 17.8 Å². The summed E-state index contributed by atoms with van der Waals surface area (Å²) in [5.41, 5.74) is 7.55. The summed E-state index contributed by atoms with van der Waals surface area (Å²) >= 11 is 5.05. The molecule has 17 heavy (non-hydrogen) atoms. The molecule has 3 N–H and O–H groups in total. The smallest absolute Gasteiger partial charge is 0.106 e. The monoisotopic (exact) mass is 249 g/mol. The van der Waals surface area contributed by atoms with Crippen LogP contribution in [0.1, 0.15) is 38.2 Å². The van der Waals surface area contributed by atoms with Gasteiger partial charge in [0.1, 0.15) is 4.99 Å². The minimum atomic E-state index is 0.425. The van der Waals surface area contributed by atoms with Crippen LogP contribution in [0, 0.1) is 5.92 Å². The van der Waals surface area contributed by atoms with Gasteiger partial charge in [-0.05, 0) is 31.7 Å². The quantitative estimate of drug-likeness (QED) is 0.806.